The van der Waals surface area contributed by atoms with Gasteiger partial charge in [-0.25, -0.2) is 9.97 Å². The van der Waals surface area contributed by atoms with Crippen LogP contribution in [-0.2, 0) is 6.54 Å². The first-order valence-electron chi connectivity index (χ1n) is 8.55. The summed E-state index contributed by atoms with van der Waals surface area (Å²) in [5.74, 6) is 0.763. The lowest BCUT2D eigenvalue weighted by Gasteiger charge is -2.03. The maximum Gasteiger partial charge on any atom is 0.262 e. The number of benzene rings is 1. The number of fused-ring (bicyclic) bond motifs is 3. The molecule has 4 aromatic rings. The fourth-order valence-corrected chi connectivity index (χ4v) is 4.50. The fourth-order valence-electron chi connectivity index (χ4n) is 3.48. The quantitative estimate of drug-likeness (QED) is 0.515. The van der Waals surface area contributed by atoms with E-state index in [9.17, 15) is 4.79 Å². The van der Waals surface area contributed by atoms with Crippen LogP contribution in [0.2, 0.25) is 0 Å². The predicted molar refractivity (Wildman–Crippen MR) is 105 cm³/mol. The normalized spacial score (nSPS) is 15.2. The van der Waals surface area contributed by atoms with Gasteiger partial charge < -0.3 is 0 Å². The maximum absolute atomic E-state index is 12.9. The van der Waals surface area contributed by atoms with Gasteiger partial charge >= 0.3 is 0 Å². The van der Waals surface area contributed by atoms with Crippen molar-refractivity contribution in [2.24, 2.45) is 0 Å². The second kappa shape index (κ2) is 5.57. The molecule has 128 valence electrons. The van der Waals surface area contributed by atoms with Crippen molar-refractivity contribution >= 4 is 44.2 Å². The summed E-state index contributed by atoms with van der Waals surface area (Å²) in [6.07, 6.45) is 4.56. The van der Waals surface area contributed by atoms with E-state index in [0.717, 1.165) is 55.2 Å². The first-order valence-corrected chi connectivity index (χ1v) is 9.37. The Labute approximate surface area is 153 Å². The predicted octanol–water partition coefficient (Wildman–Crippen LogP) is 3.96. The molecule has 0 bridgehead atoms. The second-order valence-electron chi connectivity index (χ2n) is 6.56. The fraction of sp³-hybridized carbons (Fsp3) is 0.200. The summed E-state index contributed by atoms with van der Waals surface area (Å²) >= 11 is 1.59. The number of hydrogen-bond donors (Lipinski definition) is 0. The lowest BCUT2D eigenvalue weighted by molar-refractivity contribution is 0.726. The van der Waals surface area contributed by atoms with E-state index in [1.165, 1.54) is 0 Å². The summed E-state index contributed by atoms with van der Waals surface area (Å²) < 4.78 is 1.79. The highest BCUT2D eigenvalue weighted by Crippen LogP contribution is 2.31. The number of rotatable bonds is 1. The van der Waals surface area contributed by atoms with Crippen molar-refractivity contribution in [3.05, 3.63) is 62.8 Å². The first-order chi connectivity index (χ1) is 12.6. The molecule has 6 heteroatoms. The number of nitrogens with zero attached hydrogens (tertiary/aromatic N) is 4. The van der Waals surface area contributed by atoms with Crippen LogP contribution in [0.25, 0.3) is 32.9 Å². The molecule has 1 aromatic carbocycles. The number of hydrogen-bond acceptors (Lipinski definition) is 5. The summed E-state index contributed by atoms with van der Waals surface area (Å²) in [5.41, 5.74) is 4.69. The molecule has 0 saturated heterocycles. The van der Waals surface area contributed by atoms with Crippen LogP contribution in [0, 0.1) is 13.8 Å². The number of allylic oxidation sites excluding steroid dienone is 1. The minimum absolute atomic E-state index is 0.0693. The van der Waals surface area contributed by atoms with Crippen molar-refractivity contribution in [1.29, 1.82) is 0 Å². The van der Waals surface area contributed by atoms with Crippen LogP contribution >= 0.6 is 11.3 Å². The minimum Gasteiger partial charge on any atom is -0.292 e. The zero-order valence-electron chi connectivity index (χ0n) is 14.5. The smallest absolute Gasteiger partial charge is 0.262 e. The van der Waals surface area contributed by atoms with Crippen LogP contribution in [-0.4, -0.2) is 19.5 Å². The Morgan fingerprint density at radius 2 is 1.96 bits per heavy atom. The third kappa shape index (κ3) is 2.22. The lowest BCUT2D eigenvalue weighted by Crippen LogP contribution is -2.20. The van der Waals surface area contributed by atoms with E-state index >= 15 is 0 Å². The number of para-hydroxylation sites is 2. The molecule has 5 nitrogen and oxygen atoms in total. The summed E-state index contributed by atoms with van der Waals surface area (Å²) in [4.78, 5) is 28.8. The van der Waals surface area contributed by atoms with Crippen molar-refractivity contribution < 1.29 is 0 Å². The molecule has 26 heavy (non-hydrogen) atoms. The second-order valence-corrected chi connectivity index (χ2v) is 7.76. The van der Waals surface area contributed by atoms with E-state index in [4.69, 9.17) is 4.98 Å². The van der Waals surface area contributed by atoms with Gasteiger partial charge in [-0.15, -0.1) is 11.3 Å². The summed E-state index contributed by atoms with van der Waals surface area (Å²) in [6, 6.07) is 7.81. The average Bonchev–Trinajstić information content (AvgIpc) is 3.17. The van der Waals surface area contributed by atoms with E-state index < -0.39 is 0 Å². The van der Waals surface area contributed by atoms with Crippen molar-refractivity contribution in [2.75, 3.05) is 0 Å². The molecule has 0 amide bonds. The Kier molecular flexibility index (Phi) is 3.30. The molecular weight excluding hydrogens is 344 g/mol. The molecule has 3 aromatic heterocycles. The van der Waals surface area contributed by atoms with Crippen LogP contribution in [0.1, 0.15) is 28.4 Å². The van der Waals surface area contributed by atoms with Crippen LogP contribution < -0.4 is 5.56 Å². The highest BCUT2D eigenvalue weighted by Gasteiger charge is 2.23. The van der Waals surface area contributed by atoms with Gasteiger partial charge in [0.15, 0.2) is 0 Å². The van der Waals surface area contributed by atoms with Crippen LogP contribution in [0.3, 0.4) is 0 Å². The number of aromatic nitrogens is 4. The first kappa shape index (κ1) is 15.4. The standard InChI is InChI=1S/C20H16N4OS/c1-11-12(2)26-19-17(11)20(25)24-8-7-13(18(24)23-19)9-14-10-21-15-5-3-4-6-16(15)22-14/h3-6,9-10H,7-8H2,1-2H3/b13-9-. The molecule has 0 fully saturated rings. The molecule has 0 N–H and O–H groups in total. The molecule has 0 radical (unpaired) electrons. The SMILES string of the molecule is Cc1sc2nc3n(c(=O)c2c1C)CC/C3=C/c1cnc2ccccc2n1. The zero-order chi connectivity index (χ0) is 17.8. The third-order valence-corrected chi connectivity index (χ3v) is 6.07. The van der Waals surface area contributed by atoms with E-state index in [0.29, 0.717) is 6.54 Å². The summed E-state index contributed by atoms with van der Waals surface area (Å²) in [5, 5.41) is 0.767. The van der Waals surface area contributed by atoms with Crippen molar-refractivity contribution in [1.82, 2.24) is 19.5 Å². The Morgan fingerprint density at radius 1 is 1.15 bits per heavy atom. The molecule has 0 aliphatic carbocycles. The minimum atomic E-state index is 0.0693. The summed E-state index contributed by atoms with van der Waals surface area (Å²) in [7, 11) is 0. The monoisotopic (exact) mass is 360 g/mol. The topological polar surface area (TPSA) is 60.7 Å². The molecule has 0 spiro atoms. The van der Waals surface area contributed by atoms with Gasteiger partial charge in [-0.1, -0.05) is 12.1 Å². The van der Waals surface area contributed by atoms with Gasteiger partial charge in [0.05, 0.1) is 28.3 Å². The number of thiophene rings is 1. The highest BCUT2D eigenvalue weighted by atomic mass is 32.1. The van der Waals surface area contributed by atoms with Crippen molar-refractivity contribution in [3.63, 3.8) is 0 Å². The molecule has 1 aliphatic heterocycles. The molecular formula is C20H16N4OS. The Bertz CT molecular complexity index is 1280. The van der Waals surface area contributed by atoms with Gasteiger partial charge in [-0.05, 0) is 49.6 Å². The molecule has 0 saturated carbocycles. The van der Waals surface area contributed by atoms with Gasteiger partial charge in [0, 0.05) is 11.4 Å². The Morgan fingerprint density at radius 3 is 2.81 bits per heavy atom. The van der Waals surface area contributed by atoms with Gasteiger partial charge in [0.2, 0.25) is 0 Å². The van der Waals surface area contributed by atoms with Gasteiger partial charge in [-0.2, -0.15) is 0 Å². The van der Waals surface area contributed by atoms with E-state index in [-0.39, 0.29) is 5.56 Å². The van der Waals surface area contributed by atoms with E-state index in [2.05, 4.69) is 9.97 Å². The zero-order valence-corrected chi connectivity index (χ0v) is 15.3. The van der Waals surface area contributed by atoms with Gasteiger partial charge in [0.25, 0.3) is 5.56 Å². The number of aryl methyl sites for hydroxylation is 2. The average molecular weight is 360 g/mol. The molecule has 1 aliphatic rings. The third-order valence-electron chi connectivity index (χ3n) is 4.97. The van der Waals surface area contributed by atoms with E-state index in [1.54, 1.807) is 22.1 Å². The highest BCUT2D eigenvalue weighted by molar-refractivity contribution is 7.18. The van der Waals surface area contributed by atoms with Crippen molar-refractivity contribution in [2.45, 2.75) is 26.8 Å². The van der Waals surface area contributed by atoms with Crippen molar-refractivity contribution in [3.8, 4) is 0 Å². The van der Waals surface area contributed by atoms with E-state index in [1.807, 2.05) is 44.2 Å². The maximum atomic E-state index is 12.9. The molecule has 4 heterocycles. The molecule has 0 atom stereocenters. The summed E-state index contributed by atoms with van der Waals surface area (Å²) in [6.45, 7) is 4.71. The van der Waals surface area contributed by atoms with Crippen LogP contribution in [0.5, 0.6) is 0 Å². The lowest BCUT2D eigenvalue weighted by atomic mass is 10.1. The van der Waals surface area contributed by atoms with Crippen LogP contribution in [0.15, 0.2) is 35.3 Å². The largest absolute Gasteiger partial charge is 0.292 e. The Hall–Kier alpha value is -2.86. The van der Waals surface area contributed by atoms with Gasteiger partial charge in [-0.3, -0.25) is 14.3 Å². The Balaban J connectivity index is 1.68. The molecule has 5 rings (SSSR count). The molecule has 0 unspecified atom stereocenters. The van der Waals surface area contributed by atoms with Gasteiger partial charge in [0.1, 0.15) is 10.7 Å². The van der Waals surface area contributed by atoms with Crippen LogP contribution in [0.4, 0.5) is 0 Å².